The lowest BCUT2D eigenvalue weighted by Gasteiger charge is -2.37. The molecule has 0 aromatic heterocycles. The third-order valence-electron chi connectivity index (χ3n) is 5.28. The molecular weight excluding hydrogens is 326 g/mol. The smallest absolute Gasteiger partial charge is 0.251 e. The first kappa shape index (κ1) is 18.9. The Bertz CT molecular complexity index is 680. The quantitative estimate of drug-likeness (QED) is 0.871. The minimum absolute atomic E-state index is 0.00414. The number of morpholine rings is 1. The molecule has 0 bridgehead atoms. The molecule has 1 saturated heterocycles. The number of hydrogen-bond acceptors (Lipinski definition) is 4. The van der Waals surface area contributed by atoms with Crippen molar-refractivity contribution in [3.63, 3.8) is 0 Å². The highest BCUT2D eigenvalue weighted by Crippen LogP contribution is 2.30. The predicted molar refractivity (Wildman–Crippen MR) is 107 cm³/mol. The Balaban J connectivity index is 1.76. The summed E-state index contributed by atoms with van der Waals surface area (Å²) in [6.07, 6.45) is 4.86. The Labute approximate surface area is 156 Å². The van der Waals surface area contributed by atoms with E-state index < -0.39 is 0 Å². The highest BCUT2D eigenvalue weighted by atomic mass is 16.5. The van der Waals surface area contributed by atoms with Crippen LogP contribution >= 0.6 is 0 Å². The summed E-state index contributed by atoms with van der Waals surface area (Å²) >= 11 is 0. The Hall–Kier alpha value is -1.85. The number of nitrogens with one attached hydrogen (secondary N) is 1. The van der Waals surface area contributed by atoms with Crippen molar-refractivity contribution < 1.29 is 9.53 Å². The summed E-state index contributed by atoms with van der Waals surface area (Å²) in [5.74, 6) is 0.00414. The van der Waals surface area contributed by atoms with Gasteiger partial charge in [0.2, 0.25) is 0 Å². The Morgan fingerprint density at radius 3 is 2.35 bits per heavy atom. The van der Waals surface area contributed by atoms with Gasteiger partial charge in [0.05, 0.1) is 12.2 Å². The van der Waals surface area contributed by atoms with Crippen LogP contribution in [0.25, 0.3) is 0 Å². The van der Waals surface area contributed by atoms with E-state index in [1.54, 1.807) is 0 Å². The number of nitrogens with zero attached hydrogens (tertiary/aromatic N) is 1. The van der Waals surface area contributed by atoms with Crippen molar-refractivity contribution in [2.45, 2.75) is 65.2 Å². The summed E-state index contributed by atoms with van der Waals surface area (Å²) in [5.41, 5.74) is 11.1. The lowest BCUT2D eigenvalue weighted by atomic mass is 9.95. The molecule has 1 fully saturated rings. The number of anilines is 2. The van der Waals surface area contributed by atoms with E-state index in [2.05, 4.69) is 50.0 Å². The first-order chi connectivity index (χ1) is 12.3. The van der Waals surface area contributed by atoms with E-state index in [1.165, 1.54) is 5.69 Å². The number of carbonyl (C=O) groups excluding carboxylic acids is 1. The highest BCUT2D eigenvalue weighted by Gasteiger charge is 2.24. The lowest BCUT2D eigenvalue weighted by Crippen LogP contribution is -2.45. The van der Waals surface area contributed by atoms with Gasteiger partial charge in [0.25, 0.3) is 5.91 Å². The van der Waals surface area contributed by atoms with Crippen molar-refractivity contribution in [2.24, 2.45) is 5.73 Å². The van der Waals surface area contributed by atoms with E-state index in [9.17, 15) is 4.79 Å². The first-order valence-corrected chi connectivity index (χ1v) is 9.61. The van der Waals surface area contributed by atoms with Crippen molar-refractivity contribution in [3.8, 4) is 0 Å². The van der Waals surface area contributed by atoms with Gasteiger partial charge in [0, 0.05) is 36.1 Å². The number of amides is 1. The standard InChI is InChI=1S/C21H31N3O2/c1-13-9-19(24-11-15(3)26-16(4)12-24)10-14(2)20(13)23-21(25)17-5-7-18(22)8-6-17/h5,9-10,15-16,18H,6-8,11-12,22H2,1-4H3,(H,23,25)/t15?,16?,18-/m1/s1. The second kappa shape index (κ2) is 7.80. The lowest BCUT2D eigenvalue weighted by molar-refractivity contribution is -0.113. The Kier molecular flexibility index (Phi) is 5.68. The van der Waals surface area contributed by atoms with Crippen molar-refractivity contribution in [1.29, 1.82) is 0 Å². The fraction of sp³-hybridized carbons (Fsp3) is 0.571. The molecule has 26 heavy (non-hydrogen) atoms. The van der Waals surface area contributed by atoms with Crippen LogP contribution in [0.5, 0.6) is 0 Å². The van der Waals surface area contributed by atoms with Crippen LogP contribution in [0.2, 0.25) is 0 Å². The molecule has 2 aliphatic rings. The second-order valence-electron chi connectivity index (χ2n) is 7.83. The molecule has 3 atom stereocenters. The van der Waals surface area contributed by atoms with Crippen molar-refractivity contribution in [1.82, 2.24) is 0 Å². The number of nitrogens with two attached hydrogens (primary N) is 1. The van der Waals surface area contributed by atoms with E-state index in [4.69, 9.17) is 10.5 Å². The normalized spacial score (nSPS) is 26.4. The average molecular weight is 357 g/mol. The first-order valence-electron chi connectivity index (χ1n) is 9.61. The van der Waals surface area contributed by atoms with Crippen LogP contribution in [-0.2, 0) is 9.53 Å². The molecule has 1 aliphatic carbocycles. The van der Waals surface area contributed by atoms with Crippen LogP contribution in [0.4, 0.5) is 11.4 Å². The summed E-state index contributed by atoms with van der Waals surface area (Å²) < 4.78 is 5.84. The van der Waals surface area contributed by atoms with Crippen LogP contribution in [0.3, 0.4) is 0 Å². The van der Waals surface area contributed by atoms with Gasteiger partial charge in [-0.2, -0.15) is 0 Å². The average Bonchev–Trinajstić information content (AvgIpc) is 2.57. The topological polar surface area (TPSA) is 67.6 Å². The molecule has 1 heterocycles. The van der Waals surface area contributed by atoms with Crippen molar-refractivity contribution in [2.75, 3.05) is 23.3 Å². The molecule has 0 spiro atoms. The number of hydrogen-bond donors (Lipinski definition) is 2. The van der Waals surface area contributed by atoms with Crippen LogP contribution in [0, 0.1) is 13.8 Å². The third kappa shape index (κ3) is 4.27. The minimum Gasteiger partial charge on any atom is -0.372 e. The summed E-state index contributed by atoms with van der Waals surface area (Å²) in [6.45, 7) is 10.1. The molecule has 142 valence electrons. The molecule has 0 radical (unpaired) electrons. The molecule has 0 saturated carbocycles. The fourth-order valence-corrected chi connectivity index (χ4v) is 3.96. The van der Waals surface area contributed by atoms with Crippen LogP contribution in [0.15, 0.2) is 23.8 Å². The van der Waals surface area contributed by atoms with Gasteiger partial charge in [-0.3, -0.25) is 4.79 Å². The number of benzene rings is 1. The molecule has 1 aromatic carbocycles. The van der Waals surface area contributed by atoms with Crippen molar-refractivity contribution in [3.05, 3.63) is 34.9 Å². The zero-order chi connectivity index (χ0) is 18.8. The molecule has 3 N–H and O–H groups in total. The maximum Gasteiger partial charge on any atom is 0.251 e. The summed E-state index contributed by atoms with van der Waals surface area (Å²) in [6, 6.07) is 4.52. The van der Waals surface area contributed by atoms with Crippen LogP contribution in [0.1, 0.15) is 44.2 Å². The van der Waals surface area contributed by atoms with E-state index in [1.807, 2.05) is 6.08 Å². The van der Waals surface area contributed by atoms with Crippen molar-refractivity contribution >= 4 is 17.3 Å². The molecule has 5 nitrogen and oxygen atoms in total. The molecule has 5 heteroatoms. The monoisotopic (exact) mass is 357 g/mol. The van der Waals surface area contributed by atoms with Crippen LogP contribution in [-0.4, -0.2) is 37.2 Å². The second-order valence-corrected chi connectivity index (χ2v) is 7.83. The van der Waals surface area contributed by atoms with Gasteiger partial charge in [0.1, 0.15) is 0 Å². The third-order valence-corrected chi connectivity index (χ3v) is 5.28. The number of carbonyl (C=O) groups is 1. The zero-order valence-corrected chi connectivity index (χ0v) is 16.3. The summed E-state index contributed by atoms with van der Waals surface area (Å²) in [5, 5.41) is 3.12. The zero-order valence-electron chi connectivity index (χ0n) is 16.3. The summed E-state index contributed by atoms with van der Waals surface area (Å²) in [7, 11) is 0. The number of rotatable bonds is 3. The molecule has 1 aliphatic heterocycles. The largest absolute Gasteiger partial charge is 0.372 e. The van der Waals surface area contributed by atoms with Gasteiger partial charge in [-0.1, -0.05) is 6.08 Å². The Morgan fingerprint density at radius 1 is 1.19 bits per heavy atom. The maximum atomic E-state index is 12.6. The van der Waals surface area contributed by atoms with Gasteiger partial charge in [0.15, 0.2) is 0 Å². The fourth-order valence-electron chi connectivity index (χ4n) is 3.96. The van der Waals surface area contributed by atoms with Gasteiger partial charge >= 0.3 is 0 Å². The van der Waals surface area contributed by atoms with Gasteiger partial charge in [-0.05, 0) is 70.2 Å². The highest BCUT2D eigenvalue weighted by molar-refractivity contribution is 6.04. The number of aryl methyl sites for hydroxylation is 2. The molecule has 3 rings (SSSR count). The molecular formula is C21H31N3O2. The predicted octanol–water partition coefficient (Wildman–Crippen LogP) is 3.29. The molecule has 2 unspecified atom stereocenters. The maximum absolute atomic E-state index is 12.6. The van der Waals surface area contributed by atoms with E-state index in [-0.39, 0.29) is 24.2 Å². The van der Waals surface area contributed by atoms with E-state index in [0.29, 0.717) is 0 Å². The molecule has 1 aromatic rings. The SMILES string of the molecule is Cc1cc(N2CC(C)OC(C)C2)cc(C)c1NC(=O)C1=CC[C@@H](N)CC1. The Morgan fingerprint density at radius 2 is 1.81 bits per heavy atom. The van der Waals surface area contributed by atoms with Crippen LogP contribution < -0.4 is 16.0 Å². The van der Waals surface area contributed by atoms with E-state index in [0.717, 1.165) is 54.7 Å². The van der Waals surface area contributed by atoms with Gasteiger partial charge < -0.3 is 20.7 Å². The summed E-state index contributed by atoms with van der Waals surface area (Å²) in [4.78, 5) is 15.0. The van der Waals surface area contributed by atoms with Gasteiger partial charge in [-0.25, -0.2) is 0 Å². The minimum atomic E-state index is 0.00414. The van der Waals surface area contributed by atoms with Gasteiger partial charge in [-0.15, -0.1) is 0 Å². The van der Waals surface area contributed by atoms with E-state index >= 15 is 0 Å². The number of ether oxygens (including phenoxy) is 1. The molecule has 1 amide bonds.